The summed E-state index contributed by atoms with van der Waals surface area (Å²) < 4.78 is 1.85. The largest absolute Gasteiger partial charge is 0.347 e. The molecule has 1 amide bonds. The molecule has 3 heterocycles. The lowest BCUT2D eigenvalue weighted by molar-refractivity contribution is 0.0942. The van der Waals surface area contributed by atoms with Gasteiger partial charge < -0.3 is 10.3 Å². The van der Waals surface area contributed by atoms with Crippen molar-refractivity contribution in [2.24, 2.45) is 7.05 Å². The molecule has 0 bridgehead atoms. The Bertz CT molecular complexity index is 943. The van der Waals surface area contributed by atoms with E-state index >= 15 is 0 Å². The summed E-state index contributed by atoms with van der Waals surface area (Å²) in [7, 11) is 1.92. The fraction of sp³-hybridized carbons (Fsp3) is 0.350. The van der Waals surface area contributed by atoms with Crippen LogP contribution in [-0.4, -0.2) is 37.1 Å². The van der Waals surface area contributed by atoms with Crippen molar-refractivity contribution < 1.29 is 4.79 Å². The quantitative estimate of drug-likeness (QED) is 0.725. The maximum absolute atomic E-state index is 12.7. The maximum atomic E-state index is 12.7. The van der Waals surface area contributed by atoms with E-state index in [0.717, 1.165) is 47.8 Å². The van der Waals surface area contributed by atoms with Crippen LogP contribution in [0.1, 0.15) is 38.8 Å². The molecule has 2 N–H and O–H groups in total. The number of aromatic amines is 1. The number of aryl methyl sites for hydroxylation is 2. The van der Waals surface area contributed by atoms with E-state index in [0.29, 0.717) is 18.8 Å². The number of rotatable bonds is 5. The van der Waals surface area contributed by atoms with Gasteiger partial charge in [0.2, 0.25) is 0 Å². The van der Waals surface area contributed by atoms with Crippen molar-refractivity contribution in [3.8, 4) is 0 Å². The first kappa shape index (κ1) is 17.5. The van der Waals surface area contributed by atoms with Crippen LogP contribution >= 0.6 is 0 Å². The van der Waals surface area contributed by atoms with E-state index in [4.69, 9.17) is 0 Å². The summed E-state index contributed by atoms with van der Waals surface area (Å²) in [6, 6.07) is 9.91. The molecule has 0 radical (unpaired) electrons. The molecule has 0 saturated carbocycles. The number of benzene rings is 1. The molecule has 7 nitrogen and oxygen atoms in total. The van der Waals surface area contributed by atoms with Crippen LogP contribution in [-0.2, 0) is 33.1 Å². The zero-order valence-electron chi connectivity index (χ0n) is 15.7. The number of carbonyl (C=O) groups is 1. The average Bonchev–Trinajstić information content (AvgIpc) is 3.23. The van der Waals surface area contributed by atoms with Crippen molar-refractivity contribution in [2.45, 2.75) is 33.0 Å². The van der Waals surface area contributed by atoms with Gasteiger partial charge in [0.05, 0.1) is 6.54 Å². The number of H-pyrrole nitrogens is 1. The molecule has 3 aromatic rings. The second-order valence-corrected chi connectivity index (χ2v) is 7.04. The first-order valence-corrected chi connectivity index (χ1v) is 9.20. The highest BCUT2D eigenvalue weighted by Crippen LogP contribution is 2.23. The van der Waals surface area contributed by atoms with Gasteiger partial charge in [-0.15, -0.1) is 0 Å². The Morgan fingerprint density at radius 2 is 2.11 bits per heavy atom. The van der Waals surface area contributed by atoms with Crippen molar-refractivity contribution in [2.75, 3.05) is 6.54 Å². The number of aromatic nitrogens is 4. The Balaban J connectivity index is 1.48. The minimum absolute atomic E-state index is 0.119. The molecule has 0 fully saturated rings. The van der Waals surface area contributed by atoms with Crippen molar-refractivity contribution in [1.29, 1.82) is 0 Å². The predicted octanol–water partition coefficient (Wildman–Crippen LogP) is 1.94. The van der Waals surface area contributed by atoms with Gasteiger partial charge in [-0.3, -0.25) is 14.4 Å². The van der Waals surface area contributed by atoms with Gasteiger partial charge in [-0.2, -0.15) is 5.10 Å². The molecule has 1 aliphatic heterocycles. The summed E-state index contributed by atoms with van der Waals surface area (Å²) in [5.74, 6) is 0.835. The lowest BCUT2D eigenvalue weighted by Gasteiger charge is -2.26. The van der Waals surface area contributed by atoms with Gasteiger partial charge >= 0.3 is 0 Å². The van der Waals surface area contributed by atoms with E-state index in [-0.39, 0.29) is 5.91 Å². The molecule has 0 atom stereocenters. The first-order chi connectivity index (χ1) is 13.1. The highest BCUT2D eigenvalue weighted by atomic mass is 16.1. The van der Waals surface area contributed by atoms with E-state index in [2.05, 4.69) is 25.3 Å². The summed E-state index contributed by atoms with van der Waals surface area (Å²) in [5.41, 5.74) is 4.84. The summed E-state index contributed by atoms with van der Waals surface area (Å²) >= 11 is 0. The molecular formula is C20H24N6O. The Morgan fingerprint density at radius 3 is 2.85 bits per heavy atom. The molecule has 140 valence electrons. The number of nitrogens with zero attached hydrogens (tertiary/aromatic N) is 4. The van der Waals surface area contributed by atoms with E-state index in [1.165, 1.54) is 0 Å². The van der Waals surface area contributed by atoms with Gasteiger partial charge in [0.1, 0.15) is 5.82 Å². The van der Waals surface area contributed by atoms with Crippen molar-refractivity contribution >= 4 is 5.91 Å². The molecule has 2 aromatic heterocycles. The molecule has 27 heavy (non-hydrogen) atoms. The van der Waals surface area contributed by atoms with E-state index in [1.54, 1.807) is 0 Å². The Morgan fingerprint density at radius 1 is 1.30 bits per heavy atom. The number of hydrogen-bond acceptors (Lipinski definition) is 4. The van der Waals surface area contributed by atoms with Crippen LogP contribution in [0.3, 0.4) is 0 Å². The van der Waals surface area contributed by atoms with Gasteiger partial charge in [0, 0.05) is 56.3 Å². The maximum Gasteiger partial charge on any atom is 0.272 e. The number of amides is 1. The summed E-state index contributed by atoms with van der Waals surface area (Å²) in [4.78, 5) is 22.7. The third kappa shape index (κ3) is 3.78. The highest BCUT2D eigenvalue weighted by molar-refractivity contribution is 5.94. The summed E-state index contributed by atoms with van der Waals surface area (Å²) in [6.45, 7) is 4.88. The third-order valence-electron chi connectivity index (χ3n) is 4.96. The second kappa shape index (κ2) is 7.36. The van der Waals surface area contributed by atoms with Gasteiger partial charge in [-0.1, -0.05) is 30.3 Å². The number of fused-ring (bicyclic) bond motifs is 1. The number of hydrogen-bond donors (Lipinski definition) is 2. The highest BCUT2D eigenvalue weighted by Gasteiger charge is 2.27. The van der Waals surface area contributed by atoms with Crippen LogP contribution in [0.4, 0.5) is 0 Å². The van der Waals surface area contributed by atoms with Crippen LogP contribution < -0.4 is 5.32 Å². The molecule has 1 aliphatic rings. The van der Waals surface area contributed by atoms with Crippen LogP contribution in [0.25, 0.3) is 0 Å². The monoisotopic (exact) mass is 364 g/mol. The lowest BCUT2D eigenvalue weighted by Crippen LogP contribution is -2.32. The Hall–Kier alpha value is -2.93. The van der Waals surface area contributed by atoms with Crippen LogP contribution in [0.2, 0.25) is 0 Å². The van der Waals surface area contributed by atoms with Crippen LogP contribution in [0.5, 0.6) is 0 Å². The van der Waals surface area contributed by atoms with Crippen molar-refractivity contribution in [3.63, 3.8) is 0 Å². The number of carbonyl (C=O) groups excluding carboxylic acids is 1. The topological polar surface area (TPSA) is 78.8 Å². The smallest absolute Gasteiger partial charge is 0.272 e. The van der Waals surface area contributed by atoms with Gasteiger partial charge in [-0.05, 0) is 12.5 Å². The minimum atomic E-state index is -0.119. The number of imidazole rings is 1. The lowest BCUT2D eigenvalue weighted by atomic mass is 10.0. The fourth-order valence-corrected chi connectivity index (χ4v) is 3.59. The second-order valence-electron chi connectivity index (χ2n) is 7.04. The fourth-order valence-electron chi connectivity index (χ4n) is 3.59. The molecule has 0 unspecified atom stereocenters. The minimum Gasteiger partial charge on any atom is -0.347 e. The van der Waals surface area contributed by atoms with E-state index in [9.17, 15) is 4.79 Å². The third-order valence-corrected chi connectivity index (χ3v) is 4.96. The molecular weight excluding hydrogens is 340 g/mol. The molecule has 0 saturated heterocycles. The average molecular weight is 364 g/mol. The molecule has 7 heteroatoms. The van der Waals surface area contributed by atoms with E-state index in [1.807, 2.05) is 55.2 Å². The molecule has 0 aliphatic carbocycles. The Kier molecular flexibility index (Phi) is 4.77. The Labute approximate surface area is 158 Å². The summed E-state index contributed by atoms with van der Waals surface area (Å²) in [6.07, 6.45) is 2.72. The van der Waals surface area contributed by atoms with Gasteiger partial charge in [0.15, 0.2) is 5.69 Å². The van der Waals surface area contributed by atoms with Crippen molar-refractivity contribution in [1.82, 2.24) is 30.0 Å². The first-order valence-electron chi connectivity index (χ1n) is 9.20. The van der Waals surface area contributed by atoms with Crippen molar-refractivity contribution in [3.05, 3.63) is 70.6 Å². The predicted molar refractivity (Wildman–Crippen MR) is 102 cm³/mol. The molecule has 0 spiro atoms. The zero-order chi connectivity index (χ0) is 18.8. The van der Waals surface area contributed by atoms with E-state index < -0.39 is 0 Å². The number of nitrogens with one attached hydrogen (secondary N) is 2. The molecule has 1 aromatic carbocycles. The van der Waals surface area contributed by atoms with Gasteiger partial charge in [-0.25, -0.2) is 4.98 Å². The van der Waals surface area contributed by atoms with Gasteiger partial charge in [0.25, 0.3) is 5.91 Å². The molecule has 4 rings (SSSR count). The van der Waals surface area contributed by atoms with Crippen LogP contribution in [0, 0.1) is 6.92 Å². The zero-order valence-corrected chi connectivity index (χ0v) is 15.7. The SMILES string of the molecule is Cc1cnc(CN2CCc3c(c(C(=O)NCc4ccccc4)nn3C)C2)[nH]1. The normalized spacial score (nSPS) is 14.1. The summed E-state index contributed by atoms with van der Waals surface area (Å²) in [5, 5.41) is 7.50. The standard InChI is InChI=1S/C20H24N6O/c1-14-10-21-18(23-14)13-26-9-8-17-16(12-26)19(24-25(17)2)20(27)22-11-15-6-4-3-5-7-15/h3-7,10H,8-9,11-13H2,1-2H3,(H,21,23)(H,22,27). The van der Waals surface area contributed by atoms with Crippen LogP contribution in [0.15, 0.2) is 36.5 Å².